The number of nitrogens with one attached hydrogen (secondary N) is 1. The Morgan fingerprint density at radius 1 is 1.53 bits per heavy atom. The molecule has 1 aliphatic rings. The van der Waals surface area contributed by atoms with E-state index >= 15 is 0 Å². The summed E-state index contributed by atoms with van der Waals surface area (Å²) < 4.78 is 22.3. The average Bonchev–Trinajstić information content (AvgIpc) is 2.14. The van der Waals surface area contributed by atoms with Crippen LogP contribution in [0.15, 0.2) is 0 Å². The summed E-state index contributed by atoms with van der Waals surface area (Å²) in [6.07, 6.45) is 1.01. The minimum Gasteiger partial charge on any atom is -0.353 e. The minimum absolute atomic E-state index is 0.0569. The fourth-order valence-corrected chi connectivity index (χ4v) is 1.78. The maximum absolute atomic E-state index is 11.7. The zero-order valence-electron chi connectivity index (χ0n) is 8.69. The van der Waals surface area contributed by atoms with Gasteiger partial charge in [0.05, 0.1) is 6.54 Å². The van der Waals surface area contributed by atoms with Crippen molar-refractivity contribution in [2.24, 2.45) is 0 Å². The van der Waals surface area contributed by atoms with Crippen LogP contribution in [-0.2, 0) is 19.4 Å². The minimum atomic E-state index is -3.39. The maximum atomic E-state index is 11.7. The van der Waals surface area contributed by atoms with Crippen LogP contribution >= 0.6 is 0 Å². The maximum Gasteiger partial charge on any atom is 0.241 e. The van der Waals surface area contributed by atoms with Gasteiger partial charge in [-0.2, -0.15) is 0 Å². The molecule has 0 aromatic carbocycles. The first-order valence-electron chi connectivity index (χ1n) is 4.56. The molecule has 15 heavy (non-hydrogen) atoms. The number of carbonyl (C=O) groups is 2. The van der Waals surface area contributed by atoms with E-state index in [9.17, 15) is 18.0 Å². The molecule has 1 rings (SSSR count). The molecule has 1 N–H and O–H groups in total. The molecule has 1 atom stereocenters. The molecule has 1 aliphatic heterocycles. The van der Waals surface area contributed by atoms with Gasteiger partial charge in [0.2, 0.25) is 11.8 Å². The Bertz CT molecular complexity index is 376. The van der Waals surface area contributed by atoms with Crippen LogP contribution in [-0.4, -0.2) is 56.3 Å². The monoisotopic (exact) mass is 234 g/mol. The third-order valence-corrected chi connectivity index (χ3v) is 3.83. The number of rotatable bonds is 2. The molecule has 0 bridgehead atoms. The number of piperazine rings is 1. The third-order valence-electron chi connectivity index (χ3n) is 2.34. The topological polar surface area (TPSA) is 83.6 Å². The van der Waals surface area contributed by atoms with E-state index in [-0.39, 0.29) is 12.5 Å². The second-order valence-corrected chi connectivity index (χ2v) is 5.95. The molecule has 0 aromatic rings. The molecule has 0 aromatic heterocycles. The van der Waals surface area contributed by atoms with Crippen LogP contribution in [0, 0.1) is 0 Å². The van der Waals surface area contributed by atoms with Crippen molar-refractivity contribution in [2.75, 3.05) is 25.9 Å². The Labute approximate surface area is 88.5 Å². The average molecular weight is 234 g/mol. The fourth-order valence-electron chi connectivity index (χ4n) is 1.27. The second kappa shape index (κ2) is 4.18. The number of amides is 2. The highest BCUT2D eigenvalue weighted by Gasteiger charge is 2.30. The zero-order chi connectivity index (χ0) is 11.6. The summed E-state index contributed by atoms with van der Waals surface area (Å²) in [4.78, 5) is 23.9. The van der Waals surface area contributed by atoms with Gasteiger partial charge < -0.3 is 10.2 Å². The number of carbonyl (C=O) groups excluding carboxylic acids is 2. The van der Waals surface area contributed by atoms with E-state index in [2.05, 4.69) is 5.32 Å². The van der Waals surface area contributed by atoms with Gasteiger partial charge >= 0.3 is 0 Å². The van der Waals surface area contributed by atoms with Crippen molar-refractivity contribution in [3.63, 3.8) is 0 Å². The van der Waals surface area contributed by atoms with Crippen LogP contribution in [0.1, 0.15) is 6.92 Å². The first-order valence-corrected chi connectivity index (χ1v) is 6.52. The molecule has 0 spiro atoms. The van der Waals surface area contributed by atoms with Crippen LogP contribution in [0.5, 0.6) is 0 Å². The van der Waals surface area contributed by atoms with Crippen molar-refractivity contribution in [2.45, 2.75) is 12.2 Å². The molecule has 1 unspecified atom stereocenters. The number of nitrogens with zero attached hydrogens (tertiary/aromatic N) is 1. The van der Waals surface area contributed by atoms with Crippen LogP contribution in [0.3, 0.4) is 0 Å². The molecular formula is C8H14N2O4S. The summed E-state index contributed by atoms with van der Waals surface area (Å²) in [6, 6.07) is 0. The highest BCUT2D eigenvalue weighted by molar-refractivity contribution is 7.92. The first kappa shape index (κ1) is 12.0. The molecule has 1 fully saturated rings. The Balaban J connectivity index is 2.72. The van der Waals surface area contributed by atoms with E-state index in [1.807, 2.05) is 0 Å². The van der Waals surface area contributed by atoms with E-state index in [0.717, 1.165) is 6.26 Å². The third kappa shape index (κ3) is 2.92. The Kier molecular flexibility index (Phi) is 3.33. The molecule has 1 saturated heterocycles. The molecule has 86 valence electrons. The van der Waals surface area contributed by atoms with Gasteiger partial charge in [-0.05, 0) is 6.92 Å². The van der Waals surface area contributed by atoms with Gasteiger partial charge in [0.1, 0.15) is 5.25 Å². The normalized spacial score (nSPS) is 19.6. The predicted molar refractivity (Wildman–Crippen MR) is 53.9 cm³/mol. The van der Waals surface area contributed by atoms with Crippen LogP contribution < -0.4 is 5.32 Å². The molecule has 1 heterocycles. The van der Waals surface area contributed by atoms with Crippen LogP contribution in [0.4, 0.5) is 0 Å². The summed E-state index contributed by atoms with van der Waals surface area (Å²) in [5.74, 6) is -0.761. The summed E-state index contributed by atoms with van der Waals surface area (Å²) >= 11 is 0. The number of hydrogen-bond acceptors (Lipinski definition) is 4. The number of sulfone groups is 1. The standard InChI is InChI=1S/C8H14N2O4S/c1-6(15(2,13)14)8(12)10-4-3-9-7(11)5-10/h6H,3-5H2,1-2H3,(H,9,11). The Morgan fingerprint density at radius 3 is 2.60 bits per heavy atom. The first-order chi connectivity index (χ1) is 6.82. The molecule has 2 amide bonds. The van der Waals surface area contributed by atoms with E-state index < -0.39 is 21.0 Å². The predicted octanol–water partition coefficient (Wildman–Crippen LogP) is -1.62. The lowest BCUT2D eigenvalue weighted by atomic mass is 10.3. The molecule has 0 saturated carbocycles. The molecular weight excluding hydrogens is 220 g/mol. The van der Waals surface area contributed by atoms with Gasteiger partial charge in [-0.25, -0.2) is 8.42 Å². The van der Waals surface area contributed by atoms with Gasteiger partial charge in [0.15, 0.2) is 9.84 Å². The quantitative estimate of drug-likeness (QED) is 0.622. The largest absolute Gasteiger partial charge is 0.353 e. The molecule has 0 aliphatic carbocycles. The molecule has 6 nitrogen and oxygen atoms in total. The number of hydrogen-bond donors (Lipinski definition) is 1. The summed E-state index contributed by atoms with van der Waals surface area (Å²) in [5.41, 5.74) is 0. The van der Waals surface area contributed by atoms with Crippen molar-refractivity contribution in [1.82, 2.24) is 10.2 Å². The van der Waals surface area contributed by atoms with Crippen LogP contribution in [0.25, 0.3) is 0 Å². The van der Waals surface area contributed by atoms with E-state index in [1.54, 1.807) is 0 Å². The lowest BCUT2D eigenvalue weighted by Crippen LogP contribution is -2.53. The summed E-state index contributed by atoms with van der Waals surface area (Å²) in [6.45, 7) is 2.02. The van der Waals surface area contributed by atoms with E-state index in [0.29, 0.717) is 13.1 Å². The summed E-state index contributed by atoms with van der Waals surface area (Å²) in [5, 5.41) is 1.48. The van der Waals surface area contributed by atoms with Crippen molar-refractivity contribution in [1.29, 1.82) is 0 Å². The van der Waals surface area contributed by atoms with Crippen molar-refractivity contribution < 1.29 is 18.0 Å². The molecule has 0 radical (unpaired) electrons. The highest BCUT2D eigenvalue weighted by atomic mass is 32.2. The van der Waals surface area contributed by atoms with Gasteiger partial charge in [-0.15, -0.1) is 0 Å². The van der Waals surface area contributed by atoms with E-state index in [4.69, 9.17) is 0 Å². The van der Waals surface area contributed by atoms with Gasteiger partial charge in [0.25, 0.3) is 0 Å². The Morgan fingerprint density at radius 2 is 2.13 bits per heavy atom. The summed E-state index contributed by atoms with van der Waals surface area (Å²) in [7, 11) is -3.39. The van der Waals surface area contributed by atoms with Gasteiger partial charge in [-0.1, -0.05) is 0 Å². The zero-order valence-corrected chi connectivity index (χ0v) is 9.50. The smallest absolute Gasteiger partial charge is 0.241 e. The van der Waals surface area contributed by atoms with Crippen LogP contribution in [0.2, 0.25) is 0 Å². The SMILES string of the molecule is CC(C(=O)N1CCNC(=O)C1)S(C)(=O)=O. The van der Waals surface area contributed by atoms with Gasteiger partial charge in [0, 0.05) is 19.3 Å². The second-order valence-electron chi connectivity index (χ2n) is 3.58. The lowest BCUT2D eigenvalue weighted by molar-refractivity contribution is -0.137. The molecule has 7 heteroatoms. The fraction of sp³-hybridized carbons (Fsp3) is 0.750. The highest BCUT2D eigenvalue weighted by Crippen LogP contribution is 2.05. The van der Waals surface area contributed by atoms with E-state index in [1.165, 1.54) is 11.8 Å². The van der Waals surface area contributed by atoms with Crippen molar-refractivity contribution >= 4 is 21.7 Å². The Hall–Kier alpha value is -1.11. The lowest BCUT2D eigenvalue weighted by Gasteiger charge is -2.28. The van der Waals surface area contributed by atoms with Crippen molar-refractivity contribution in [3.8, 4) is 0 Å². The van der Waals surface area contributed by atoms with Crippen molar-refractivity contribution in [3.05, 3.63) is 0 Å². The van der Waals surface area contributed by atoms with Gasteiger partial charge in [-0.3, -0.25) is 9.59 Å².